The van der Waals surface area contributed by atoms with Gasteiger partial charge >= 0.3 is 6.03 Å². The van der Waals surface area contributed by atoms with Gasteiger partial charge in [0.2, 0.25) is 0 Å². The topological polar surface area (TPSA) is 75.0 Å². The monoisotopic (exact) mass is 154 g/mol. The first-order valence-corrected chi connectivity index (χ1v) is 3.19. The van der Waals surface area contributed by atoms with Crippen LogP contribution in [0.4, 0.5) is 4.79 Å². The molecular weight excluding hydrogens is 144 g/mol. The fourth-order valence-corrected chi connectivity index (χ4v) is 0.687. The van der Waals surface area contributed by atoms with Crippen LogP contribution in [0.5, 0.6) is 0 Å². The van der Waals surface area contributed by atoms with Gasteiger partial charge in [-0.3, -0.25) is 0 Å². The molecule has 0 unspecified atom stereocenters. The van der Waals surface area contributed by atoms with E-state index in [9.17, 15) is 4.79 Å². The molecule has 11 heavy (non-hydrogen) atoms. The van der Waals surface area contributed by atoms with Crippen LogP contribution < -0.4 is 5.73 Å². The Morgan fingerprint density at radius 1 is 1.91 bits per heavy atom. The Hall–Kier alpha value is -1.52. The van der Waals surface area contributed by atoms with Gasteiger partial charge in [0.1, 0.15) is 5.82 Å². The average molecular weight is 154 g/mol. The number of carbonyl (C=O) groups is 1. The van der Waals surface area contributed by atoms with E-state index >= 15 is 0 Å². The second-order valence-corrected chi connectivity index (χ2v) is 2.23. The number of nitrogens with zero attached hydrogens (tertiary/aromatic N) is 2. The summed E-state index contributed by atoms with van der Waals surface area (Å²) >= 11 is 0. The van der Waals surface area contributed by atoms with Crippen molar-refractivity contribution in [1.82, 2.24) is 14.9 Å². The minimum atomic E-state index is -0.457. The molecule has 0 spiro atoms. The molecule has 1 rings (SSSR count). The van der Waals surface area contributed by atoms with Gasteiger partial charge in [0.05, 0.1) is 6.54 Å². The molecule has 0 fully saturated rings. The van der Waals surface area contributed by atoms with Gasteiger partial charge in [-0.1, -0.05) is 0 Å². The quantitative estimate of drug-likeness (QED) is 0.625. The minimum Gasteiger partial charge on any atom is -0.351 e. The summed E-state index contributed by atoms with van der Waals surface area (Å²) in [5.41, 5.74) is 5.00. The Kier molecular flexibility index (Phi) is 2.10. The highest BCUT2D eigenvalue weighted by Gasteiger charge is 2.04. The maximum absolute atomic E-state index is 10.5. The zero-order valence-corrected chi connectivity index (χ0v) is 6.24. The summed E-state index contributed by atoms with van der Waals surface area (Å²) in [5, 5.41) is 0. The number of hydrogen-bond acceptors (Lipinski definition) is 2. The number of amides is 2. The predicted molar refractivity (Wildman–Crippen MR) is 39.6 cm³/mol. The molecule has 0 saturated carbocycles. The molecule has 0 aliphatic rings. The number of rotatable bonds is 2. The molecule has 0 aliphatic carbocycles. The summed E-state index contributed by atoms with van der Waals surface area (Å²) in [5.74, 6) is 0.728. The van der Waals surface area contributed by atoms with Crippen LogP contribution >= 0.6 is 0 Å². The number of imidazole rings is 1. The Morgan fingerprint density at radius 2 is 2.64 bits per heavy atom. The van der Waals surface area contributed by atoms with Crippen LogP contribution in [0.15, 0.2) is 12.4 Å². The summed E-state index contributed by atoms with van der Waals surface area (Å²) < 4.78 is 0. The number of primary amides is 1. The van der Waals surface area contributed by atoms with E-state index in [1.807, 2.05) is 0 Å². The molecule has 2 amide bonds. The molecule has 0 aliphatic heterocycles. The second-order valence-electron chi connectivity index (χ2n) is 2.23. The highest BCUT2D eigenvalue weighted by molar-refractivity contribution is 5.71. The van der Waals surface area contributed by atoms with Gasteiger partial charge in [-0.25, -0.2) is 9.78 Å². The largest absolute Gasteiger partial charge is 0.351 e. The lowest BCUT2D eigenvalue weighted by Gasteiger charge is -2.11. The van der Waals surface area contributed by atoms with Gasteiger partial charge in [-0.15, -0.1) is 0 Å². The Balaban J connectivity index is 2.50. The number of nitrogens with one attached hydrogen (secondary N) is 1. The van der Waals surface area contributed by atoms with E-state index < -0.39 is 6.03 Å². The highest BCUT2D eigenvalue weighted by atomic mass is 16.2. The number of aromatic nitrogens is 2. The zero-order valence-electron chi connectivity index (χ0n) is 6.24. The zero-order chi connectivity index (χ0) is 8.27. The van der Waals surface area contributed by atoms with Crippen molar-refractivity contribution in [3.05, 3.63) is 18.2 Å². The normalized spacial score (nSPS) is 9.55. The van der Waals surface area contributed by atoms with Gasteiger partial charge in [-0.05, 0) is 0 Å². The van der Waals surface area contributed by atoms with Crippen LogP contribution in [0, 0.1) is 0 Å². The summed E-state index contributed by atoms with van der Waals surface area (Å²) in [7, 11) is 1.62. The highest BCUT2D eigenvalue weighted by Crippen LogP contribution is 1.93. The van der Waals surface area contributed by atoms with E-state index in [2.05, 4.69) is 9.97 Å². The molecule has 0 bridgehead atoms. The van der Waals surface area contributed by atoms with Crippen LogP contribution in [0.3, 0.4) is 0 Å². The van der Waals surface area contributed by atoms with E-state index in [-0.39, 0.29) is 0 Å². The summed E-state index contributed by atoms with van der Waals surface area (Å²) in [6.45, 7) is 0.419. The van der Waals surface area contributed by atoms with Crippen molar-refractivity contribution in [1.29, 1.82) is 0 Å². The molecule has 1 aromatic heterocycles. The van der Waals surface area contributed by atoms with Crippen LogP contribution in [0.1, 0.15) is 5.82 Å². The molecule has 60 valence electrons. The van der Waals surface area contributed by atoms with Crippen molar-refractivity contribution in [2.45, 2.75) is 6.54 Å². The van der Waals surface area contributed by atoms with Crippen molar-refractivity contribution in [2.75, 3.05) is 7.05 Å². The predicted octanol–water partition coefficient (Wildman–Crippen LogP) is -0.0798. The smallest absolute Gasteiger partial charge is 0.314 e. The molecular formula is C6H10N4O. The average Bonchev–Trinajstić information content (AvgIpc) is 2.39. The van der Waals surface area contributed by atoms with Crippen LogP contribution in [0.2, 0.25) is 0 Å². The maximum atomic E-state index is 10.5. The van der Waals surface area contributed by atoms with Gasteiger partial charge in [0.15, 0.2) is 0 Å². The Labute approximate surface area is 64.2 Å². The molecule has 0 saturated heterocycles. The van der Waals surface area contributed by atoms with Crippen molar-refractivity contribution in [3.63, 3.8) is 0 Å². The molecule has 3 N–H and O–H groups in total. The van der Waals surface area contributed by atoms with Crippen molar-refractivity contribution >= 4 is 6.03 Å². The lowest BCUT2D eigenvalue weighted by molar-refractivity contribution is 0.215. The van der Waals surface area contributed by atoms with Crippen molar-refractivity contribution in [3.8, 4) is 0 Å². The Bertz CT molecular complexity index is 231. The molecule has 0 aromatic carbocycles. The maximum Gasteiger partial charge on any atom is 0.314 e. The Morgan fingerprint density at radius 3 is 3.09 bits per heavy atom. The fourth-order valence-electron chi connectivity index (χ4n) is 0.687. The van der Waals surface area contributed by atoms with Crippen molar-refractivity contribution in [2.24, 2.45) is 5.73 Å². The van der Waals surface area contributed by atoms with Gasteiger partial charge in [0, 0.05) is 19.4 Å². The third-order valence-electron chi connectivity index (χ3n) is 1.32. The first kappa shape index (κ1) is 7.59. The summed E-state index contributed by atoms with van der Waals surface area (Å²) in [4.78, 5) is 18.7. The second kappa shape index (κ2) is 3.05. The molecule has 5 nitrogen and oxygen atoms in total. The molecule has 5 heteroatoms. The van der Waals surface area contributed by atoms with Crippen LogP contribution in [-0.2, 0) is 6.54 Å². The minimum absolute atomic E-state index is 0.419. The van der Waals surface area contributed by atoms with Crippen molar-refractivity contribution < 1.29 is 4.79 Å². The SMILES string of the molecule is CN(Cc1ncc[nH]1)C(N)=O. The third kappa shape index (κ3) is 1.96. The molecule has 0 atom stereocenters. The summed E-state index contributed by atoms with van der Waals surface area (Å²) in [6, 6.07) is -0.457. The van der Waals surface area contributed by atoms with Gasteiger partial charge in [0.25, 0.3) is 0 Å². The molecule has 0 radical (unpaired) electrons. The van der Waals surface area contributed by atoms with Crippen LogP contribution in [-0.4, -0.2) is 27.9 Å². The first-order valence-electron chi connectivity index (χ1n) is 3.19. The summed E-state index contributed by atoms with van der Waals surface area (Å²) in [6.07, 6.45) is 3.33. The third-order valence-corrected chi connectivity index (χ3v) is 1.32. The number of urea groups is 1. The standard InChI is InChI=1S/C6H10N4O/c1-10(6(7)11)4-5-8-2-3-9-5/h2-3H,4H2,1H3,(H2,7,11)(H,8,9). The van der Waals surface area contributed by atoms with E-state index in [4.69, 9.17) is 5.73 Å². The number of carbonyl (C=O) groups excluding carboxylic acids is 1. The van der Waals surface area contributed by atoms with E-state index in [0.29, 0.717) is 6.54 Å². The number of aromatic amines is 1. The van der Waals surface area contributed by atoms with E-state index in [1.54, 1.807) is 19.4 Å². The number of nitrogens with two attached hydrogens (primary N) is 1. The van der Waals surface area contributed by atoms with Crippen LogP contribution in [0.25, 0.3) is 0 Å². The van der Waals surface area contributed by atoms with E-state index in [0.717, 1.165) is 5.82 Å². The number of hydrogen-bond donors (Lipinski definition) is 2. The number of H-pyrrole nitrogens is 1. The molecule has 1 aromatic rings. The first-order chi connectivity index (χ1) is 5.20. The van der Waals surface area contributed by atoms with Gasteiger partial charge in [-0.2, -0.15) is 0 Å². The fraction of sp³-hybridized carbons (Fsp3) is 0.333. The lowest BCUT2D eigenvalue weighted by atomic mass is 10.5. The molecule has 1 heterocycles. The van der Waals surface area contributed by atoms with E-state index in [1.165, 1.54) is 4.90 Å². The lowest BCUT2D eigenvalue weighted by Crippen LogP contribution is -2.31. The van der Waals surface area contributed by atoms with Gasteiger partial charge < -0.3 is 15.6 Å².